The number of aromatic nitrogens is 3. The summed E-state index contributed by atoms with van der Waals surface area (Å²) in [7, 11) is 0. The summed E-state index contributed by atoms with van der Waals surface area (Å²) in [6.45, 7) is 1.81. The van der Waals surface area contributed by atoms with Gasteiger partial charge in [0.25, 0.3) is 5.91 Å². The zero-order valence-electron chi connectivity index (χ0n) is 9.45. The second kappa shape index (κ2) is 5.49. The van der Waals surface area contributed by atoms with E-state index in [1.807, 2.05) is 6.92 Å². The highest BCUT2D eigenvalue weighted by Crippen LogP contribution is 2.21. The minimum atomic E-state index is -0.264. The van der Waals surface area contributed by atoms with Gasteiger partial charge in [-0.25, -0.2) is 4.98 Å². The number of carbonyl (C=O) groups excluding carboxylic acids is 1. The summed E-state index contributed by atoms with van der Waals surface area (Å²) in [6.07, 6.45) is 1.39. The fourth-order valence-electron chi connectivity index (χ4n) is 1.44. The summed E-state index contributed by atoms with van der Waals surface area (Å²) in [5.74, 6) is 0.341. The molecule has 2 N–H and O–H groups in total. The monoisotopic (exact) mass is 328 g/mol. The Morgan fingerprint density at radius 2 is 2.33 bits per heavy atom. The van der Waals surface area contributed by atoms with Crippen molar-refractivity contribution in [2.45, 2.75) is 13.0 Å². The van der Waals surface area contributed by atoms with Gasteiger partial charge < -0.3 is 5.32 Å². The van der Waals surface area contributed by atoms with E-state index in [1.165, 1.54) is 6.33 Å². The van der Waals surface area contributed by atoms with Gasteiger partial charge in [0.2, 0.25) is 0 Å². The largest absolute Gasteiger partial charge is 0.342 e. The number of amides is 1. The molecule has 1 aromatic carbocycles. The maximum absolute atomic E-state index is 12.0. The van der Waals surface area contributed by atoms with E-state index in [4.69, 9.17) is 11.6 Å². The molecule has 0 bridgehead atoms. The zero-order chi connectivity index (χ0) is 13.1. The number of aromatic amines is 1. The van der Waals surface area contributed by atoms with E-state index in [-0.39, 0.29) is 11.9 Å². The maximum Gasteiger partial charge on any atom is 0.253 e. The first kappa shape index (κ1) is 13.0. The Balaban J connectivity index is 2.12. The van der Waals surface area contributed by atoms with Crippen LogP contribution in [0.5, 0.6) is 0 Å². The van der Waals surface area contributed by atoms with Crippen molar-refractivity contribution in [2.75, 3.05) is 0 Å². The Kier molecular flexibility index (Phi) is 3.98. The lowest BCUT2D eigenvalue weighted by Gasteiger charge is -2.11. The SMILES string of the molecule is CC(NC(=O)c1ccc(Br)cc1Cl)c1ncn[nH]1. The van der Waals surface area contributed by atoms with Crippen LogP contribution >= 0.6 is 27.5 Å². The molecule has 0 saturated heterocycles. The Morgan fingerprint density at radius 1 is 1.56 bits per heavy atom. The van der Waals surface area contributed by atoms with E-state index in [1.54, 1.807) is 18.2 Å². The van der Waals surface area contributed by atoms with Crippen LogP contribution in [0, 0.1) is 0 Å². The molecule has 1 aromatic heterocycles. The van der Waals surface area contributed by atoms with Crippen molar-refractivity contribution in [1.29, 1.82) is 0 Å². The van der Waals surface area contributed by atoms with Crippen LogP contribution in [0.25, 0.3) is 0 Å². The lowest BCUT2D eigenvalue weighted by molar-refractivity contribution is 0.0938. The first-order chi connectivity index (χ1) is 8.58. The van der Waals surface area contributed by atoms with E-state index in [2.05, 4.69) is 36.4 Å². The Morgan fingerprint density at radius 3 is 2.94 bits per heavy atom. The number of rotatable bonds is 3. The van der Waals surface area contributed by atoms with Crippen molar-refractivity contribution in [3.8, 4) is 0 Å². The lowest BCUT2D eigenvalue weighted by Crippen LogP contribution is -2.27. The predicted molar refractivity (Wildman–Crippen MR) is 71.4 cm³/mol. The molecule has 1 amide bonds. The third-order valence-corrected chi connectivity index (χ3v) is 3.17. The number of halogens is 2. The molecular formula is C11H10BrClN4O. The summed E-state index contributed by atoms with van der Waals surface area (Å²) < 4.78 is 0.826. The number of hydrogen-bond donors (Lipinski definition) is 2. The summed E-state index contributed by atoms with van der Waals surface area (Å²) >= 11 is 9.29. The molecular weight excluding hydrogens is 320 g/mol. The van der Waals surface area contributed by atoms with Crippen molar-refractivity contribution in [1.82, 2.24) is 20.5 Å². The van der Waals surface area contributed by atoms with Crippen molar-refractivity contribution in [2.24, 2.45) is 0 Å². The summed E-state index contributed by atoms with van der Waals surface area (Å²) in [5, 5.41) is 9.62. The number of H-pyrrole nitrogens is 1. The summed E-state index contributed by atoms with van der Waals surface area (Å²) in [6, 6.07) is 4.84. The minimum Gasteiger partial charge on any atom is -0.342 e. The van der Waals surface area contributed by atoms with Crippen molar-refractivity contribution in [3.05, 3.63) is 45.4 Å². The van der Waals surface area contributed by atoms with E-state index in [9.17, 15) is 4.79 Å². The average molecular weight is 330 g/mol. The van der Waals surface area contributed by atoms with Crippen molar-refractivity contribution >= 4 is 33.4 Å². The van der Waals surface area contributed by atoms with Gasteiger partial charge in [-0.2, -0.15) is 5.10 Å². The van der Waals surface area contributed by atoms with Gasteiger partial charge in [-0.15, -0.1) is 0 Å². The molecule has 0 radical (unpaired) electrons. The molecule has 1 unspecified atom stereocenters. The molecule has 0 fully saturated rings. The molecule has 1 heterocycles. The number of nitrogens with zero attached hydrogens (tertiary/aromatic N) is 2. The first-order valence-electron chi connectivity index (χ1n) is 5.19. The number of carbonyl (C=O) groups is 1. The minimum absolute atomic E-state index is 0.253. The quantitative estimate of drug-likeness (QED) is 0.909. The van der Waals surface area contributed by atoms with Crippen LogP contribution in [0.15, 0.2) is 29.0 Å². The molecule has 2 aromatic rings. The highest BCUT2D eigenvalue weighted by Gasteiger charge is 2.15. The molecule has 0 aliphatic rings. The Hall–Kier alpha value is -1.40. The second-order valence-corrected chi connectivity index (χ2v) is 5.01. The van der Waals surface area contributed by atoms with E-state index >= 15 is 0 Å². The van der Waals surface area contributed by atoms with Gasteiger partial charge in [0.1, 0.15) is 12.2 Å². The Bertz CT molecular complexity index is 558. The predicted octanol–water partition coefficient (Wildman–Crippen LogP) is 2.71. The normalized spacial score (nSPS) is 12.2. The fraction of sp³-hybridized carbons (Fsp3) is 0.182. The van der Waals surface area contributed by atoms with E-state index < -0.39 is 0 Å². The highest BCUT2D eigenvalue weighted by molar-refractivity contribution is 9.10. The third-order valence-electron chi connectivity index (χ3n) is 2.37. The standard InChI is InChI=1S/C11H10BrClN4O/c1-6(10-14-5-15-17-10)16-11(18)8-3-2-7(12)4-9(8)13/h2-6H,1H3,(H,16,18)(H,14,15,17). The summed E-state index contributed by atoms with van der Waals surface area (Å²) in [4.78, 5) is 16.0. The Labute approximate surface area is 117 Å². The van der Waals surface area contributed by atoms with Gasteiger partial charge in [0.15, 0.2) is 0 Å². The molecule has 0 spiro atoms. The molecule has 5 nitrogen and oxygen atoms in total. The lowest BCUT2D eigenvalue weighted by atomic mass is 10.2. The van der Waals surface area contributed by atoms with Crippen LogP contribution in [0.2, 0.25) is 5.02 Å². The van der Waals surface area contributed by atoms with Gasteiger partial charge in [0, 0.05) is 4.47 Å². The van der Waals surface area contributed by atoms with Gasteiger partial charge in [0.05, 0.1) is 16.6 Å². The van der Waals surface area contributed by atoms with Crippen LogP contribution in [-0.2, 0) is 0 Å². The van der Waals surface area contributed by atoms with Crippen LogP contribution in [-0.4, -0.2) is 21.1 Å². The number of hydrogen-bond acceptors (Lipinski definition) is 3. The average Bonchev–Trinajstić information content (AvgIpc) is 2.81. The van der Waals surface area contributed by atoms with Crippen LogP contribution in [0.3, 0.4) is 0 Å². The molecule has 0 aliphatic heterocycles. The summed E-state index contributed by atoms with van der Waals surface area (Å²) in [5.41, 5.74) is 0.422. The van der Waals surface area contributed by atoms with Gasteiger partial charge in [-0.1, -0.05) is 27.5 Å². The molecule has 1 atom stereocenters. The molecule has 2 rings (SSSR count). The van der Waals surface area contributed by atoms with Crippen LogP contribution in [0.1, 0.15) is 29.1 Å². The van der Waals surface area contributed by atoms with E-state index in [0.29, 0.717) is 16.4 Å². The van der Waals surface area contributed by atoms with Gasteiger partial charge in [-0.05, 0) is 25.1 Å². The number of benzene rings is 1. The third kappa shape index (κ3) is 2.88. The van der Waals surface area contributed by atoms with Gasteiger partial charge >= 0.3 is 0 Å². The van der Waals surface area contributed by atoms with Crippen molar-refractivity contribution < 1.29 is 4.79 Å². The first-order valence-corrected chi connectivity index (χ1v) is 6.36. The van der Waals surface area contributed by atoms with Crippen LogP contribution < -0.4 is 5.32 Å². The molecule has 7 heteroatoms. The topological polar surface area (TPSA) is 70.7 Å². The smallest absolute Gasteiger partial charge is 0.253 e. The van der Waals surface area contributed by atoms with Crippen LogP contribution in [0.4, 0.5) is 0 Å². The zero-order valence-corrected chi connectivity index (χ0v) is 11.8. The van der Waals surface area contributed by atoms with E-state index in [0.717, 1.165) is 4.47 Å². The number of nitrogens with one attached hydrogen (secondary N) is 2. The highest BCUT2D eigenvalue weighted by atomic mass is 79.9. The fourth-order valence-corrected chi connectivity index (χ4v) is 2.20. The van der Waals surface area contributed by atoms with Gasteiger partial charge in [-0.3, -0.25) is 9.89 Å². The molecule has 0 saturated carbocycles. The maximum atomic E-state index is 12.0. The molecule has 18 heavy (non-hydrogen) atoms. The second-order valence-electron chi connectivity index (χ2n) is 3.69. The molecule has 0 aliphatic carbocycles. The van der Waals surface area contributed by atoms with Crippen molar-refractivity contribution in [3.63, 3.8) is 0 Å². The molecule has 94 valence electrons.